The van der Waals surface area contributed by atoms with Crippen LogP contribution in [0.5, 0.6) is 0 Å². The van der Waals surface area contributed by atoms with E-state index in [1.165, 1.54) is 11.8 Å². The monoisotopic (exact) mass is 306 g/mol. The quantitative estimate of drug-likeness (QED) is 0.923. The van der Waals surface area contributed by atoms with Crippen LogP contribution in [-0.2, 0) is 13.0 Å². The van der Waals surface area contributed by atoms with E-state index in [-0.39, 0.29) is 5.91 Å². The molecule has 1 N–H and O–H groups in total. The van der Waals surface area contributed by atoms with Gasteiger partial charge in [0.15, 0.2) is 0 Å². The molecule has 1 amide bonds. The lowest BCUT2D eigenvalue weighted by atomic mass is 10.1. The van der Waals surface area contributed by atoms with E-state index in [0.29, 0.717) is 23.7 Å². The molecule has 6 heteroatoms. The van der Waals surface area contributed by atoms with Gasteiger partial charge in [-0.2, -0.15) is 5.10 Å². The average molecular weight is 307 g/mol. The summed E-state index contributed by atoms with van der Waals surface area (Å²) in [6.45, 7) is 7.33. The molecule has 0 fully saturated rings. The van der Waals surface area contributed by atoms with Gasteiger partial charge in [0.25, 0.3) is 5.91 Å². The molecule has 21 heavy (non-hydrogen) atoms. The number of halogens is 1. The van der Waals surface area contributed by atoms with Crippen LogP contribution in [0.3, 0.4) is 0 Å². The minimum Gasteiger partial charge on any atom is -0.350 e. The highest BCUT2D eigenvalue weighted by molar-refractivity contribution is 6.33. The molecule has 0 aliphatic carbocycles. The van der Waals surface area contributed by atoms with Crippen LogP contribution in [0.4, 0.5) is 0 Å². The van der Waals surface area contributed by atoms with Crippen molar-refractivity contribution in [2.45, 2.75) is 33.7 Å². The topological polar surface area (TPSA) is 59.8 Å². The predicted octanol–water partition coefficient (Wildman–Crippen LogP) is 2.54. The van der Waals surface area contributed by atoms with Gasteiger partial charge in [0.1, 0.15) is 0 Å². The maximum atomic E-state index is 12.0. The number of rotatable bonds is 5. The SMILES string of the molecule is CCc1c(C)nn(CCNC(=O)c2ccncc2Cl)c1C. The Bertz CT molecular complexity index is 651. The zero-order chi connectivity index (χ0) is 15.4. The molecule has 0 aromatic carbocycles. The highest BCUT2D eigenvalue weighted by atomic mass is 35.5. The van der Waals surface area contributed by atoms with Crippen LogP contribution < -0.4 is 5.32 Å². The van der Waals surface area contributed by atoms with E-state index in [2.05, 4.69) is 29.2 Å². The van der Waals surface area contributed by atoms with E-state index in [9.17, 15) is 4.79 Å². The molecule has 0 saturated heterocycles. The first kappa shape index (κ1) is 15.5. The van der Waals surface area contributed by atoms with Crippen LogP contribution in [0.1, 0.15) is 34.2 Å². The van der Waals surface area contributed by atoms with Gasteiger partial charge in [-0.15, -0.1) is 0 Å². The zero-order valence-electron chi connectivity index (χ0n) is 12.5. The van der Waals surface area contributed by atoms with Crippen molar-refractivity contribution in [3.05, 3.63) is 46.0 Å². The Labute approximate surface area is 129 Å². The van der Waals surface area contributed by atoms with Crippen molar-refractivity contribution < 1.29 is 4.79 Å². The van der Waals surface area contributed by atoms with Crippen molar-refractivity contribution >= 4 is 17.5 Å². The maximum Gasteiger partial charge on any atom is 0.252 e. The van der Waals surface area contributed by atoms with Crippen LogP contribution in [-0.4, -0.2) is 27.2 Å². The van der Waals surface area contributed by atoms with Gasteiger partial charge in [-0.3, -0.25) is 14.5 Å². The van der Waals surface area contributed by atoms with Gasteiger partial charge in [0.05, 0.1) is 22.8 Å². The van der Waals surface area contributed by atoms with Crippen molar-refractivity contribution in [2.75, 3.05) is 6.54 Å². The van der Waals surface area contributed by atoms with Gasteiger partial charge in [0.2, 0.25) is 0 Å². The molecule has 0 aliphatic rings. The normalized spacial score (nSPS) is 10.7. The molecule has 2 aromatic heterocycles. The molecule has 0 unspecified atom stereocenters. The summed E-state index contributed by atoms with van der Waals surface area (Å²) in [5.41, 5.74) is 3.93. The molecular formula is C15H19ClN4O. The zero-order valence-corrected chi connectivity index (χ0v) is 13.2. The summed E-state index contributed by atoms with van der Waals surface area (Å²) >= 11 is 5.94. The number of carbonyl (C=O) groups is 1. The fraction of sp³-hybridized carbons (Fsp3) is 0.400. The Balaban J connectivity index is 1.96. The second-order valence-corrected chi connectivity index (χ2v) is 5.24. The minimum absolute atomic E-state index is 0.195. The first-order valence-corrected chi connectivity index (χ1v) is 7.33. The average Bonchev–Trinajstić information content (AvgIpc) is 2.73. The lowest BCUT2D eigenvalue weighted by Crippen LogP contribution is -2.28. The molecule has 0 bridgehead atoms. The highest BCUT2D eigenvalue weighted by Gasteiger charge is 2.11. The van der Waals surface area contributed by atoms with Gasteiger partial charge < -0.3 is 5.32 Å². The standard InChI is InChI=1S/C15H19ClN4O/c1-4-12-10(2)19-20(11(12)3)8-7-18-15(21)13-5-6-17-9-14(13)16/h5-6,9H,4,7-8H2,1-3H3,(H,18,21). The van der Waals surface area contributed by atoms with E-state index < -0.39 is 0 Å². The third-order valence-electron chi connectivity index (χ3n) is 3.51. The number of amides is 1. The van der Waals surface area contributed by atoms with Crippen LogP contribution in [0.2, 0.25) is 5.02 Å². The first-order valence-electron chi connectivity index (χ1n) is 6.95. The molecule has 2 rings (SSSR count). The molecule has 2 aromatic rings. The first-order chi connectivity index (χ1) is 10.0. The number of hydrogen-bond donors (Lipinski definition) is 1. The Morgan fingerprint density at radius 3 is 2.81 bits per heavy atom. The summed E-state index contributed by atoms with van der Waals surface area (Å²) in [6, 6.07) is 1.61. The van der Waals surface area contributed by atoms with E-state index in [1.54, 1.807) is 12.3 Å². The number of carbonyl (C=O) groups excluding carboxylic acids is 1. The number of aromatic nitrogens is 3. The van der Waals surface area contributed by atoms with E-state index in [1.807, 2.05) is 11.6 Å². The molecule has 112 valence electrons. The Morgan fingerprint density at radius 2 is 2.19 bits per heavy atom. The second-order valence-electron chi connectivity index (χ2n) is 4.84. The van der Waals surface area contributed by atoms with Gasteiger partial charge in [-0.25, -0.2) is 0 Å². The number of aryl methyl sites for hydroxylation is 1. The minimum atomic E-state index is -0.195. The lowest BCUT2D eigenvalue weighted by molar-refractivity contribution is 0.0952. The van der Waals surface area contributed by atoms with Crippen LogP contribution >= 0.6 is 11.6 Å². The molecule has 2 heterocycles. The van der Waals surface area contributed by atoms with Crippen LogP contribution in [0, 0.1) is 13.8 Å². The molecule has 0 aliphatic heterocycles. The molecule has 0 saturated carbocycles. The number of pyridine rings is 1. The van der Waals surface area contributed by atoms with E-state index in [4.69, 9.17) is 11.6 Å². The third kappa shape index (κ3) is 3.42. The lowest BCUT2D eigenvalue weighted by Gasteiger charge is -2.08. The van der Waals surface area contributed by atoms with Gasteiger partial charge in [0, 0.05) is 24.6 Å². The molecule has 0 spiro atoms. The van der Waals surface area contributed by atoms with E-state index in [0.717, 1.165) is 17.8 Å². The van der Waals surface area contributed by atoms with Gasteiger partial charge >= 0.3 is 0 Å². The summed E-state index contributed by atoms with van der Waals surface area (Å²) in [4.78, 5) is 15.9. The van der Waals surface area contributed by atoms with Crippen LogP contribution in [0.15, 0.2) is 18.5 Å². The van der Waals surface area contributed by atoms with Gasteiger partial charge in [-0.05, 0) is 31.9 Å². The van der Waals surface area contributed by atoms with Crippen molar-refractivity contribution in [3.63, 3.8) is 0 Å². The Morgan fingerprint density at radius 1 is 1.43 bits per heavy atom. The summed E-state index contributed by atoms with van der Waals surface area (Å²) in [6.07, 6.45) is 3.98. The second kappa shape index (κ2) is 6.72. The molecule has 0 radical (unpaired) electrons. The van der Waals surface area contributed by atoms with Crippen molar-refractivity contribution in [2.24, 2.45) is 0 Å². The summed E-state index contributed by atoms with van der Waals surface area (Å²) < 4.78 is 1.93. The van der Waals surface area contributed by atoms with E-state index >= 15 is 0 Å². The number of nitrogens with zero attached hydrogens (tertiary/aromatic N) is 3. The maximum absolute atomic E-state index is 12.0. The van der Waals surface area contributed by atoms with Gasteiger partial charge in [-0.1, -0.05) is 18.5 Å². The fourth-order valence-corrected chi connectivity index (χ4v) is 2.60. The summed E-state index contributed by atoms with van der Waals surface area (Å²) in [7, 11) is 0. The fourth-order valence-electron chi connectivity index (χ4n) is 2.39. The Kier molecular flexibility index (Phi) is 4.96. The number of nitrogens with one attached hydrogen (secondary N) is 1. The summed E-state index contributed by atoms with van der Waals surface area (Å²) in [5.74, 6) is -0.195. The number of hydrogen-bond acceptors (Lipinski definition) is 3. The molecule has 0 atom stereocenters. The smallest absolute Gasteiger partial charge is 0.252 e. The molecule has 5 nitrogen and oxygen atoms in total. The molecular weight excluding hydrogens is 288 g/mol. The van der Waals surface area contributed by atoms with Crippen molar-refractivity contribution in [1.82, 2.24) is 20.1 Å². The third-order valence-corrected chi connectivity index (χ3v) is 3.81. The highest BCUT2D eigenvalue weighted by Crippen LogP contribution is 2.14. The predicted molar refractivity (Wildman–Crippen MR) is 82.7 cm³/mol. The largest absolute Gasteiger partial charge is 0.350 e. The Hall–Kier alpha value is -1.88. The van der Waals surface area contributed by atoms with Crippen molar-refractivity contribution in [1.29, 1.82) is 0 Å². The van der Waals surface area contributed by atoms with Crippen LogP contribution in [0.25, 0.3) is 0 Å². The summed E-state index contributed by atoms with van der Waals surface area (Å²) in [5, 5.41) is 7.70. The van der Waals surface area contributed by atoms with Crippen molar-refractivity contribution in [3.8, 4) is 0 Å².